The summed E-state index contributed by atoms with van der Waals surface area (Å²) >= 11 is 0. The molecule has 12 aromatic carbocycles. The third-order valence-electron chi connectivity index (χ3n) is 15.1. The van der Waals surface area contributed by atoms with E-state index in [-0.39, 0.29) is 5.41 Å². The van der Waals surface area contributed by atoms with E-state index in [1.807, 2.05) is 0 Å². The Hall–Kier alpha value is -8.72. The van der Waals surface area contributed by atoms with Crippen molar-refractivity contribution in [1.29, 1.82) is 0 Å². The van der Waals surface area contributed by atoms with Crippen LogP contribution < -0.4 is 4.90 Å². The molecule has 0 saturated carbocycles. The zero-order valence-corrected chi connectivity index (χ0v) is 38.5. The first-order chi connectivity index (χ1) is 34.0. The second-order valence-electron chi connectivity index (χ2n) is 19.2. The zero-order chi connectivity index (χ0) is 45.8. The van der Waals surface area contributed by atoms with Gasteiger partial charge in [-0.3, -0.25) is 0 Å². The lowest BCUT2D eigenvalue weighted by molar-refractivity contribution is 0.633. The highest BCUT2D eigenvalue weighted by molar-refractivity contribution is 6.26. The Bertz CT molecular complexity index is 4170. The molecule has 13 aromatic rings. The molecule has 0 unspecified atom stereocenters. The van der Waals surface area contributed by atoms with Crippen LogP contribution in [0.1, 0.15) is 25.0 Å². The lowest BCUT2D eigenvalue weighted by atomic mass is 9.72. The molecule has 324 valence electrons. The first-order valence-electron chi connectivity index (χ1n) is 24.1. The number of fused-ring (bicyclic) bond motifs is 13. The van der Waals surface area contributed by atoms with Crippen molar-refractivity contribution in [3.05, 3.63) is 254 Å². The van der Waals surface area contributed by atoms with E-state index in [0.29, 0.717) is 0 Å². The van der Waals surface area contributed by atoms with Crippen molar-refractivity contribution in [1.82, 2.24) is 4.57 Å². The monoisotopic (exact) mass is 878 g/mol. The molecule has 0 spiro atoms. The molecule has 1 aliphatic heterocycles. The van der Waals surface area contributed by atoms with Gasteiger partial charge in [-0.05, 0) is 143 Å². The summed E-state index contributed by atoms with van der Waals surface area (Å²) in [6.07, 6.45) is 0. The smallest absolute Gasteiger partial charge is 0.0581 e. The summed E-state index contributed by atoms with van der Waals surface area (Å²) in [6.45, 7) is 4.81. The molecule has 1 aromatic heterocycles. The topological polar surface area (TPSA) is 8.17 Å². The number of anilines is 3. The van der Waals surface area contributed by atoms with Gasteiger partial charge in [0.2, 0.25) is 0 Å². The lowest BCUT2D eigenvalue weighted by Gasteiger charge is -2.43. The van der Waals surface area contributed by atoms with E-state index < -0.39 is 0 Å². The number of para-hydroxylation sites is 1. The first-order valence-corrected chi connectivity index (χ1v) is 24.1. The highest BCUT2D eigenvalue weighted by Gasteiger charge is 2.38. The number of rotatable bonds is 5. The molecule has 0 bridgehead atoms. The van der Waals surface area contributed by atoms with Gasteiger partial charge in [0.15, 0.2) is 0 Å². The third kappa shape index (κ3) is 5.98. The van der Waals surface area contributed by atoms with E-state index in [1.54, 1.807) is 0 Å². The Morgan fingerprint density at radius 1 is 0.304 bits per heavy atom. The van der Waals surface area contributed by atoms with Crippen molar-refractivity contribution in [3.63, 3.8) is 0 Å². The fourth-order valence-corrected chi connectivity index (χ4v) is 11.8. The van der Waals surface area contributed by atoms with Crippen molar-refractivity contribution in [3.8, 4) is 39.1 Å². The standard InChI is InChI=1S/C67H46N2/c1-67(2)61-35-30-45-22-12-13-25-50(45)66(61)69(48-23-10-5-11-24-48)64-37-32-47(39-62(64)67)57-42-65-60(41-56(57)44-20-8-4-9-21-44)59-38-46(43-18-6-3-7-19-43)31-36-63(59)68(65)49-33-34-55-53-28-15-14-26-51(53)52-27-16-17-29-54(52)58(55)40-49/h3-42H,1-2H3. The molecule has 0 radical (unpaired) electrons. The van der Waals surface area contributed by atoms with Gasteiger partial charge in [0, 0.05) is 32.9 Å². The highest BCUT2D eigenvalue weighted by Crippen LogP contribution is 2.55. The van der Waals surface area contributed by atoms with Crippen LogP contribution in [-0.2, 0) is 5.41 Å². The summed E-state index contributed by atoms with van der Waals surface area (Å²) in [5.74, 6) is 0. The molecule has 0 amide bonds. The average molecular weight is 879 g/mol. The number of benzene rings is 12. The summed E-state index contributed by atoms with van der Waals surface area (Å²) in [6, 6.07) is 90.2. The Morgan fingerprint density at radius 2 is 0.870 bits per heavy atom. The molecule has 2 heterocycles. The molecule has 0 N–H and O–H groups in total. The van der Waals surface area contributed by atoms with E-state index >= 15 is 0 Å². The van der Waals surface area contributed by atoms with Gasteiger partial charge in [0.05, 0.1) is 22.4 Å². The van der Waals surface area contributed by atoms with E-state index in [1.165, 1.54) is 121 Å². The molecule has 1 aliphatic rings. The van der Waals surface area contributed by atoms with Crippen LogP contribution in [0.3, 0.4) is 0 Å². The molecule has 0 aliphatic carbocycles. The van der Waals surface area contributed by atoms with Crippen LogP contribution in [0.4, 0.5) is 17.1 Å². The van der Waals surface area contributed by atoms with Gasteiger partial charge in [-0.15, -0.1) is 0 Å². The Kier molecular flexibility index (Phi) is 8.66. The van der Waals surface area contributed by atoms with Crippen molar-refractivity contribution >= 4 is 82.0 Å². The van der Waals surface area contributed by atoms with Gasteiger partial charge in [-0.1, -0.05) is 196 Å². The summed E-state index contributed by atoms with van der Waals surface area (Å²) in [4.78, 5) is 2.50. The van der Waals surface area contributed by atoms with Gasteiger partial charge in [0.1, 0.15) is 0 Å². The van der Waals surface area contributed by atoms with Crippen LogP contribution >= 0.6 is 0 Å². The molecule has 0 saturated heterocycles. The van der Waals surface area contributed by atoms with Crippen molar-refractivity contribution in [2.45, 2.75) is 19.3 Å². The number of aromatic nitrogens is 1. The third-order valence-corrected chi connectivity index (χ3v) is 15.1. The Morgan fingerprint density at radius 3 is 1.58 bits per heavy atom. The molecular weight excluding hydrogens is 833 g/mol. The van der Waals surface area contributed by atoms with Crippen LogP contribution in [0.25, 0.3) is 104 Å². The van der Waals surface area contributed by atoms with Gasteiger partial charge in [-0.25, -0.2) is 0 Å². The molecule has 0 atom stereocenters. The minimum absolute atomic E-state index is 0.298. The molecule has 2 heteroatoms. The van der Waals surface area contributed by atoms with E-state index in [0.717, 1.165) is 11.4 Å². The van der Waals surface area contributed by atoms with Gasteiger partial charge >= 0.3 is 0 Å². The van der Waals surface area contributed by atoms with E-state index in [9.17, 15) is 0 Å². The maximum Gasteiger partial charge on any atom is 0.0581 e. The Labute approximate surface area is 401 Å². The van der Waals surface area contributed by atoms with Gasteiger partial charge < -0.3 is 9.47 Å². The van der Waals surface area contributed by atoms with Gasteiger partial charge in [-0.2, -0.15) is 0 Å². The van der Waals surface area contributed by atoms with Crippen LogP contribution in [0.2, 0.25) is 0 Å². The summed E-state index contributed by atoms with van der Waals surface area (Å²) in [5, 5.41) is 12.6. The SMILES string of the molecule is CC1(C)c2cc(-c3cc4c(cc3-c3ccccc3)c3cc(-c5ccccc5)ccc3n4-c3ccc4c5ccccc5c5ccccc5c4c3)ccc2N(c2ccccc2)c2c1ccc1ccccc21. The first kappa shape index (κ1) is 39.4. The fraction of sp³-hybridized carbons (Fsp3) is 0.0448. The molecule has 14 rings (SSSR count). The summed E-state index contributed by atoms with van der Waals surface area (Å²) in [5.41, 5.74) is 16.6. The van der Waals surface area contributed by atoms with Crippen LogP contribution in [-0.4, -0.2) is 4.57 Å². The summed E-state index contributed by atoms with van der Waals surface area (Å²) < 4.78 is 2.52. The summed E-state index contributed by atoms with van der Waals surface area (Å²) in [7, 11) is 0. The van der Waals surface area contributed by atoms with Crippen molar-refractivity contribution < 1.29 is 0 Å². The van der Waals surface area contributed by atoms with E-state index in [2.05, 4.69) is 266 Å². The maximum absolute atomic E-state index is 2.52. The number of nitrogens with zero attached hydrogens (tertiary/aromatic N) is 2. The number of hydrogen-bond donors (Lipinski definition) is 0. The average Bonchev–Trinajstić information content (AvgIpc) is 3.73. The normalized spacial score (nSPS) is 13.2. The highest BCUT2D eigenvalue weighted by atomic mass is 15.2. The zero-order valence-electron chi connectivity index (χ0n) is 38.5. The molecular formula is C67H46N2. The number of hydrogen-bond acceptors (Lipinski definition) is 1. The largest absolute Gasteiger partial charge is 0.309 e. The van der Waals surface area contributed by atoms with Crippen LogP contribution in [0.5, 0.6) is 0 Å². The minimum atomic E-state index is -0.298. The second-order valence-corrected chi connectivity index (χ2v) is 19.2. The predicted molar refractivity (Wildman–Crippen MR) is 294 cm³/mol. The minimum Gasteiger partial charge on any atom is -0.309 e. The van der Waals surface area contributed by atoms with Crippen molar-refractivity contribution in [2.24, 2.45) is 0 Å². The molecule has 0 fully saturated rings. The van der Waals surface area contributed by atoms with Crippen LogP contribution in [0.15, 0.2) is 243 Å². The van der Waals surface area contributed by atoms with E-state index in [4.69, 9.17) is 0 Å². The lowest BCUT2D eigenvalue weighted by Crippen LogP contribution is -2.30. The maximum atomic E-state index is 2.52. The predicted octanol–water partition coefficient (Wildman–Crippen LogP) is 18.5. The van der Waals surface area contributed by atoms with Crippen LogP contribution in [0, 0.1) is 0 Å². The fourth-order valence-electron chi connectivity index (χ4n) is 11.8. The van der Waals surface area contributed by atoms with Gasteiger partial charge in [0.25, 0.3) is 0 Å². The molecule has 2 nitrogen and oxygen atoms in total. The second kappa shape index (κ2) is 15.2. The Balaban J connectivity index is 1.06. The molecule has 69 heavy (non-hydrogen) atoms. The quantitative estimate of drug-likeness (QED) is 0.156. The van der Waals surface area contributed by atoms with Crippen molar-refractivity contribution in [2.75, 3.05) is 4.90 Å².